The maximum atomic E-state index is 11.5. The first-order chi connectivity index (χ1) is 8.47. The molecule has 0 aliphatic carbocycles. The lowest BCUT2D eigenvalue weighted by atomic mass is 10.2. The van der Waals surface area contributed by atoms with Crippen molar-refractivity contribution >= 4 is 34.3 Å². The zero-order valence-electron chi connectivity index (χ0n) is 9.86. The van der Waals surface area contributed by atoms with Gasteiger partial charge in [0.15, 0.2) is 0 Å². The third kappa shape index (κ3) is 2.46. The van der Waals surface area contributed by atoms with Gasteiger partial charge >= 0.3 is 11.7 Å². The number of hydrogen-bond acceptors (Lipinski definition) is 3. The molecule has 1 heterocycles. The highest BCUT2D eigenvalue weighted by molar-refractivity contribution is 6.30. The van der Waals surface area contributed by atoms with Crippen LogP contribution >= 0.6 is 11.6 Å². The van der Waals surface area contributed by atoms with Crippen molar-refractivity contribution in [1.29, 1.82) is 0 Å². The Labute approximate surface area is 108 Å². The molecule has 2 rings (SSSR count). The van der Waals surface area contributed by atoms with Gasteiger partial charge in [-0.15, -0.1) is 0 Å². The second-order valence-electron chi connectivity index (χ2n) is 3.96. The number of nitrogens with one attached hydrogen (secondary N) is 1. The molecule has 2 aromatic rings. The molecule has 0 aliphatic heterocycles. The molecule has 0 atom stereocenters. The van der Waals surface area contributed by atoms with Crippen LogP contribution in [0.2, 0.25) is 5.02 Å². The third-order valence-electron chi connectivity index (χ3n) is 2.35. The molecule has 0 aliphatic rings. The van der Waals surface area contributed by atoms with Crippen LogP contribution in [0.1, 0.15) is 0 Å². The van der Waals surface area contributed by atoms with Crippen LogP contribution in [0.4, 0.5) is 10.5 Å². The second kappa shape index (κ2) is 4.70. The normalized spacial score (nSPS) is 10.4. The van der Waals surface area contributed by atoms with E-state index in [1.807, 2.05) is 0 Å². The van der Waals surface area contributed by atoms with Gasteiger partial charge in [0.05, 0.1) is 0 Å². The summed E-state index contributed by atoms with van der Waals surface area (Å²) in [5.74, 6) is 0. The summed E-state index contributed by atoms with van der Waals surface area (Å²) in [5, 5.41) is 3.39. The first kappa shape index (κ1) is 12.4. The van der Waals surface area contributed by atoms with E-state index in [1.54, 1.807) is 32.3 Å². The first-order valence-electron chi connectivity index (χ1n) is 5.19. The molecule has 0 saturated heterocycles. The number of carbonyl (C=O) groups is 1. The average Bonchev–Trinajstić information content (AvgIpc) is 2.31. The summed E-state index contributed by atoms with van der Waals surface area (Å²) in [6.45, 7) is 0. The zero-order chi connectivity index (χ0) is 13.3. The third-order valence-corrected chi connectivity index (χ3v) is 2.61. The minimum absolute atomic E-state index is 0.0348. The highest BCUT2D eigenvalue weighted by atomic mass is 35.5. The lowest BCUT2D eigenvalue weighted by molar-refractivity contribution is 0.230. The molecular formula is C12H11ClN2O3. The number of urea groups is 1. The molecule has 18 heavy (non-hydrogen) atoms. The molecule has 94 valence electrons. The summed E-state index contributed by atoms with van der Waals surface area (Å²) in [4.78, 5) is 24.2. The van der Waals surface area contributed by atoms with Crippen molar-refractivity contribution < 1.29 is 9.21 Å². The van der Waals surface area contributed by atoms with Crippen molar-refractivity contribution in [3.05, 3.63) is 39.7 Å². The Morgan fingerprint density at radius 3 is 2.72 bits per heavy atom. The predicted molar refractivity (Wildman–Crippen MR) is 70.2 cm³/mol. The highest BCUT2D eigenvalue weighted by Crippen LogP contribution is 2.20. The zero-order valence-corrected chi connectivity index (χ0v) is 10.6. The summed E-state index contributed by atoms with van der Waals surface area (Å²) in [5.41, 5.74) is 0.327. The molecule has 0 unspecified atom stereocenters. The SMILES string of the molecule is CN(C)C(=O)Nc1ccc2cc(Cl)c(=O)oc2c1. The maximum absolute atomic E-state index is 11.5. The minimum Gasteiger partial charge on any atom is -0.422 e. The number of nitrogens with zero attached hydrogens (tertiary/aromatic N) is 1. The molecule has 0 fully saturated rings. The second-order valence-corrected chi connectivity index (χ2v) is 4.37. The summed E-state index contributed by atoms with van der Waals surface area (Å²) < 4.78 is 5.02. The number of hydrogen-bond donors (Lipinski definition) is 1. The van der Waals surface area contributed by atoms with Gasteiger partial charge in [0, 0.05) is 31.2 Å². The Morgan fingerprint density at radius 1 is 1.33 bits per heavy atom. The number of amides is 2. The van der Waals surface area contributed by atoms with Crippen molar-refractivity contribution in [2.24, 2.45) is 0 Å². The van der Waals surface area contributed by atoms with Crippen LogP contribution in [0.15, 0.2) is 33.5 Å². The van der Waals surface area contributed by atoms with E-state index in [0.717, 1.165) is 0 Å². The standard InChI is InChI=1S/C12H11ClN2O3/c1-15(2)12(17)14-8-4-3-7-5-9(13)11(16)18-10(7)6-8/h3-6H,1-2H3,(H,14,17). The minimum atomic E-state index is -0.597. The fourth-order valence-electron chi connectivity index (χ4n) is 1.40. The lowest BCUT2D eigenvalue weighted by Gasteiger charge is -2.12. The van der Waals surface area contributed by atoms with Crippen molar-refractivity contribution in [3.63, 3.8) is 0 Å². The van der Waals surface area contributed by atoms with Gasteiger partial charge in [-0.2, -0.15) is 0 Å². The topological polar surface area (TPSA) is 62.6 Å². The van der Waals surface area contributed by atoms with Crippen LogP contribution in [0.3, 0.4) is 0 Å². The molecule has 0 spiro atoms. The Bertz CT molecular complexity index is 664. The monoisotopic (exact) mass is 266 g/mol. The van der Waals surface area contributed by atoms with Gasteiger partial charge in [-0.05, 0) is 18.2 Å². The highest BCUT2D eigenvalue weighted by Gasteiger charge is 2.07. The van der Waals surface area contributed by atoms with E-state index in [9.17, 15) is 9.59 Å². The number of anilines is 1. The van der Waals surface area contributed by atoms with Crippen molar-refractivity contribution in [2.45, 2.75) is 0 Å². The maximum Gasteiger partial charge on any atom is 0.355 e. The van der Waals surface area contributed by atoms with Gasteiger partial charge in [0.1, 0.15) is 10.6 Å². The van der Waals surface area contributed by atoms with Gasteiger partial charge in [-0.1, -0.05) is 11.6 Å². The summed E-state index contributed by atoms with van der Waals surface area (Å²) in [7, 11) is 3.27. The largest absolute Gasteiger partial charge is 0.422 e. The number of carbonyl (C=O) groups excluding carboxylic acids is 1. The molecule has 0 radical (unpaired) electrons. The Kier molecular flexibility index (Phi) is 3.25. The van der Waals surface area contributed by atoms with Gasteiger partial charge in [0.25, 0.3) is 0 Å². The molecule has 0 bridgehead atoms. The molecule has 2 amide bonds. The fourth-order valence-corrected chi connectivity index (χ4v) is 1.56. The van der Waals surface area contributed by atoms with Crippen molar-refractivity contribution in [1.82, 2.24) is 4.90 Å². The first-order valence-corrected chi connectivity index (χ1v) is 5.57. The van der Waals surface area contributed by atoms with Crippen LogP contribution in [0.25, 0.3) is 11.0 Å². The van der Waals surface area contributed by atoms with E-state index in [0.29, 0.717) is 16.7 Å². The van der Waals surface area contributed by atoms with Gasteiger partial charge in [-0.25, -0.2) is 9.59 Å². The predicted octanol–water partition coefficient (Wildman–Crippen LogP) is 2.54. The van der Waals surface area contributed by atoms with E-state index < -0.39 is 5.63 Å². The van der Waals surface area contributed by atoms with Crippen LogP contribution in [0.5, 0.6) is 0 Å². The average molecular weight is 267 g/mol. The number of benzene rings is 1. The summed E-state index contributed by atoms with van der Waals surface area (Å²) in [6, 6.07) is 6.27. The molecule has 6 heteroatoms. The van der Waals surface area contributed by atoms with Crippen LogP contribution in [-0.2, 0) is 0 Å². The van der Waals surface area contributed by atoms with Gasteiger partial charge in [0.2, 0.25) is 0 Å². The molecular weight excluding hydrogens is 256 g/mol. The number of rotatable bonds is 1. The Hall–Kier alpha value is -2.01. The van der Waals surface area contributed by atoms with E-state index in [4.69, 9.17) is 16.0 Å². The van der Waals surface area contributed by atoms with Crippen LogP contribution < -0.4 is 10.9 Å². The van der Waals surface area contributed by atoms with Crippen molar-refractivity contribution in [2.75, 3.05) is 19.4 Å². The Morgan fingerprint density at radius 2 is 2.06 bits per heavy atom. The molecule has 1 aromatic heterocycles. The van der Waals surface area contributed by atoms with E-state index >= 15 is 0 Å². The lowest BCUT2D eigenvalue weighted by Crippen LogP contribution is -2.27. The quantitative estimate of drug-likeness (QED) is 0.807. The molecule has 1 N–H and O–H groups in total. The summed E-state index contributed by atoms with van der Waals surface area (Å²) in [6.07, 6.45) is 0. The summed E-state index contributed by atoms with van der Waals surface area (Å²) >= 11 is 5.67. The smallest absolute Gasteiger partial charge is 0.355 e. The van der Waals surface area contributed by atoms with Crippen LogP contribution in [0, 0.1) is 0 Å². The molecule has 1 aromatic carbocycles. The molecule has 5 nitrogen and oxygen atoms in total. The van der Waals surface area contributed by atoms with Crippen LogP contribution in [-0.4, -0.2) is 25.0 Å². The van der Waals surface area contributed by atoms with E-state index in [2.05, 4.69) is 5.32 Å². The van der Waals surface area contributed by atoms with Crippen molar-refractivity contribution in [3.8, 4) is 0 Å². The Balaban J connectivity index is 2.41. The van der Waals surface area contributed by atoms with E-state index in [1.165, 1.54) is 11.0 Å². The number of halogens is 1. The number of fused-ring (bicyclic) bond motifs is 1. The van der Waals surface area contributed by atoms with Gasteiger partial charge < -0.3 is 14.6 Å². The fraction of sp³-hybridized carbons (Fsp3) is 0.167. The van der Waals surface area contributed by atoms with E-state index in [-0.39, 0.29) is 11.1 Å². The molecule has 0 saturated carbocycles. The van der Waals surface area contributed by atoms with Gasteiger partial charge in [-0.3, -0.25) is 0 Å².